The molecule has 0 radical (unpaired) electrons. The Morgan fingerprint density at radius 1 is 1.17 bits per heavy atom. The highest BCUT2D eigenvalue weighted by Crippen LogP contribution is 2.31. The van der Waals surface area contributed by atoms with Crippen molar-refractivity contribution < 1.29 is 4.79 Å². The van der Waals surface area contributed by atoms with Crippen molar-refractivity contribution in [1.82, 2.24) is 4.98 Å². The third kappa shape index (κ3) is 3.73. The summed E-state index contributed by atoms with van der Waals surface area (Å²) in [5, 5.41) is 4.16. The average Bonchev–Trinajstić information content (AvgIpc) is 2.89. The van der Waals surface area contributed by atoms with Crippen LogP contribution >= 0.6 is 45.5 Å². The molecule has 0 aliphatic heterocycles. The number of anilines is 1. The van der Waals surface area contributed by atoms with E-state index in [1.807, 2.05) is 49.4 Å². The van der Waals surface area contributed by atoms with Gasteiger partial charge in [-0.05, 0) is 53.8 Å². The Morgan fingerprint density at radius 2 is 1.87 bits per heavy atom. The number of nitrogens with zero attached hydrogens (tertiary/aromatic N) is 1. The molecule has 0 saturated carbocycles. The second kappa shape index (κ2) is 6.98. The van der Waals surface area contributed by atoms with Crippen LogP contribution in [0.1, 0.15) is 15.2 Å². The number of rotatable bonds is 3. The van der Waals surface area contributed by atoms with Gasteiger partial charge in [0.15, 0.2) is 5.13 Å². The van der Waals surface area contributed by atoms with Crippen LogP contribution in [0.4, 0.5) is 5.13 Å². The second-order valence-electron chi connectivity index (χ2n) is 4.86. The number of carbonyl (C=O) groups excluding carboxylic acids is 1. The summed E-state index contributed by atoms with van der Waals surface area (Å²) in [7, 11) is 0. The van der Waals surface area contributed by atoms with E-state index in [0.29, 0.717) is 15.7 Å². The Labute approximate surface area is 156 Å². The highest BCUT2D eigenvalue weighted by Gasteiger charge is 2.14. The van der Waals surface area contributed by atoms with Crippen molar-refractivity contribution in [3.8, 4) is 11.3 Å². The molecule has 3 rings (SSSR count). The number of aromatic nitrogens is 1. The van der Waals surface area contributed by atoms with Gasteiger partial charge in [0.05, 0.1) is 11.3 Å². The molecule has 116 valence electrons. The molecule has 0 fully saturated rings. The molecule has 23 heavy (non-hydrogen) atoms. The molecule has 0 atom stereocenters. The molecule has 0 spiro atoms. The summed E-state index contributed by atoms with van der Waals surface area (Å²) in [4.78, 5) is 18.0. The number of hydrogen-bond acceptors (Lipinski definition) is 3. The predicted octanol–water partition coefficient (Wildman–Crippen LogP) is 5.63. The van der Waals surface area contributed by atoms with Gasteiger partial charge < -0.3 is 0 Å². The van der Waals surface area contributed by atoms with Crippen LogP contribution in [0, 0.1) is 10.5 Å². The van der Waals surface area contributed by atoms with Crippen LogP contribution in [-0.2, 0) is 0 Å². The van der Waals surface area contributed by atoms with Crippen LogP contribution in [0.3, 0.4) is 0 Å². The summed E-state index contributed by atoms with van der Waals surface area (Å²) in [5.41, 5.74) is 2.50. The zero-order valence-electron chi connectivity index (χ0n) is 12.1. The lowest BCUT2D eigenvalue weighted by Crippen LogP contribution is -2.13. The molecule has 3 aromatic rings. The van der Waals surface area contributed by atoms with E-state index >= 15 is 0 Å². The highest BCUT2D eigenvalue weighted by atomic mass is 127. The Kier molecular flexibility index (Phi) is 4.99. The third-order valence-electron chi connectivity index (χ3n) is 3.25. The third-order valence-corrected chi connectivity index (χ3v) is 5.33. The molecule has 6 heteroatoms. The first-order valence-corrected chi connectivity index (χ1v) is 9.11. The van der Waals surface area contributed by atoms with E-state index in [2.05, 4.69) is 32.9 Å². The van der Waals surface area contributed by atoms with Crippen LogP contribution in [0.2, 0.25) is 5.02 Å². The van der Waals surface area contributed by atoms with Gasteiger partial charge in [0.25, 0.3) is 5.91 Å². The number of thiazole rings is 1. The summed E-state index contributed by atoms with van der Waals surface area (Å²) in [5.74, 6) is -0.147. The molecule has 0 bridgehead atoms. The number of carbonyl (C=O) groups is 1. The van der Waals surface area contributed by atoms with E-state index in [4.69, 9.17) is 11.6 Å². The topological polar surface area (TPSA) is 42.0 Å². The van der Waals surface area contributed by atoms with E-state index in [-0.39, 0.29) is 5.91 Å². The first-order valence-electron chi connectivity index (χ1n) is 6.84. The molecular weight excluding hydrogens is 443 g/mol. The van der Waals surface area contributed by atoms with Crippen LogP contribution in [0.15, 0.2) is 48.5 Å². The monoisotopic (exact) mass is 454 g/mol. The molecule has 0 saturated heterocycles. The minimum Gasteiger partial charge on any atom is -0.298 e. The summed E-state index contributed by atoms with van der Waals surface area (Å²) in [6.07, 6.45) is 0. The molecule has 1 amide bonds. The summed E-state index contributed by atoms with van der Waals surface area (Å²) < 4.78 is 0.911. The van der Waals surface area contributed by atoms with Crippen molar-refractivity contribution in [2.24, 2.45) is 0 Å². The molecule has 0 aliphatic rings. The van der Waals surface area contributed by atoms with Gasteiger partial charge in [-0.25, -0.2) is 4.98 Å². The average molecular weight is 455 g/mol. The fraction of sp³-hybridized carbons (Fsp3) is 0.0588. The number of aryl methyl sites for hydroxylation is 1. The van der Waals surface area contributed by atoms with Crippen molar-refractivity contribution in [1.29, 1.82) is 0 Å². The first-order chi connectivity index (χ1) is 11.0. The lowest BCUT2D eigenvalue weighted by molar-refractivity contribution is 0.102. The van der Waals surface area contributed by atoms with Gasteiger partial charge in [-0.1, -0.05) is 35.9 Å². The molecule has 0 aliphatic carbocycles. The molecule has 1 N–H and O–H groups in total. The Bertz CT molecular complexity index is 861. The number of amides is 1. The maximum Gasteiger partial charge on any atom is 0.258 e. The van der Waals surface area contributed by atoms with Gasteiger partial charge in [-0.2, -0.15) is 0 Å². The van der Waals surface area contributed by atoms with Crippen molar-refractivity contribution in [3.05, 3.63) is 67.6 Å². The van der Waals surface area contributed by atoms with E-state index in [9.17, 15) is 4.79 Å². The Hall–Kier alpha value is -1.44. The van der Waals surface area contributed by atoms with Gasteiger partial charge in [0.1, 0.15) is 0 Å². The summed E-state index contributed by atoms with van der Waals surface area (Å²) in [6, 6.07) is 15.0. The van der Waals surface area contributed by atoms with Crippen molar-refractivity contribution in [3.63, 3.8) is 0 Å². The quantitative estimate of drug-likeness (QED) is 0.521. The minimum atomic E-state index is -0.147. The van der Waals surface area contributed by atoms with E-state index in [0.717, 1.165) is 19.7 Å². The van der Waals surface area contributed by atoms with Gasteiger partial charge in [-0.3, -0.25) is 10.1 Å². The Balaban J connectivity index is 1.85. The number of hydrogen-bond donors (Lipinski definition) is 1. The largest absolute Gasteiger partial charge is 0.298 e. The Morgan fingerprint density at radius 3 is 2.57 bits per heavy atom. The van der Waals surface area contributed by atoms with Crippen molar-refractivity contribution in [2.45, 2.75) is 6.92 Å². The van der Waals surface area contributed by atoms with Crippen LogP contribution in [-0.4, -0.2) is 10.9 Å². The fourth-order valence-corrected chi connectivity index (χ4v) is 3.72. The lowest BCUT2D eigenvalue weighted by atomic mass is 10.1. The van der Waals surface area contributed by atoms with Gasteiger partial charge in [0, 0.05) is 19.0 Å². The lowest BCUT2D eigenvalue weighted by Gasteiger charge is -2.03. The van der Waals surface area contributed by atoms with Crippen LogP contribution in [0.5, 0.6) is 0 Å². The van der Waals surface area contributed by atoms with Gasteiger partial charge >= 0.3 is 0 Å². The van der Waals surface area contributed by atoms with E-state index in [1.165, 1.54) is 11.3 Å². The zero-order valence-corrected chi connectivity index (χ0v) is 15.9. The van der Waals surface area contributed by atoms with Gasteiger partial charge in [0.2, 0.25) is 0 Å². The molecule has 3 nitrogen and oxygen atoms in total. The second-order valence-corrected chi connectivity index (χ2v) is 7.67. The molecule has 1 aromatic heterocycles. The number of halogens is 2. The number of benzene rings is 2. The molecule has 0 unspecified atom stereocenters. The van der Waals surface area contributed by atoms with Crippen LogP contribution in [0.25, 0.3) is 11.3 Å². The molecule has 2 aromatic carbocycles. The minimum absolute atomic E-state index is 0.147. The van der Waals surface area contributed by atoms with E-state index in [1.54, 1.807) is 6.07 Å². The zero-order chi connectivity index (χ0) is 16.4. The van der Waals surface area contributed by atoms with Crippen LogP contribution < -0.4 is 5.32 Å². The molecule has 1 heterocycles. The van der Waals surface area contributed by atoms with Crippen molar-refractivity contribution in [2.75, 3.05) is 5.32 Å². The first kappa shape index (κ1) is 16.4. The summed E-state index contributed by atoms with van der Waals surface area (Å²) in [6.45, 7) is 1.99. The normalized spacial score (nSPS) is 10.6. The summed E-state index contributed by atoms with van der Waals surface area (Å²) >= 11 is 9.54. The standard InChI is InChI=1S/C17H12ClIN2OS/c1-10-15(11-6-8-12(18)9-7-11)20-17(23-10)21-16(22)13-4-2-3-5-14(13)19/h2-9H,1H3,(H,20,21,22). The SMILES string of the molecule is Cc1sc(NC(=O)c2ccccc2I)nc1-c1ccc(Cl)cc1. The number of nitrogens with one attached hydrogen (secondary N) is 1. The van der Waals surface area contributed by atoms with E-state index < -0.39 is 0 Å². The molecular formula is C17H12ClIN2OS. The predicted molar refractivity (Wildman–Crippen MR) is 104 cm³/mol. The van der Waals surface area contributed by atoms with Crippen molar-refractivity contribution >= 4 is 56.6 Å². The maximum atomic E-state index is 12.4. The van der Waals surface area contributed by atoms with Gasteiger partial charge in [-0.15, -0.1) is 11.3 Å². The maximum absolute atomic E-state index is 12.4. The fourth-order valence-electron chi connectivity index (χ4n) is 2.14. The highest BCUT2D eigenvalue weighted by molar-refractivity contribution is 14.1. The smallest absolute Gasteiger partial charge is 0.258 e.